The molecular weight excluding hydrogens is 276 g/mol. The highest BCUT2D eigenvalue weighted by atomic mass is 16.2. The van der Waals surface area contributed by atoms with Crippen LogP contribution in [0.1, 0.15) is 48.1 Å². The van der Waals surface area contributed by atoms with Gasteiger partial charge >= 0.3 is 0 Å². The molecule has 1 saturated heterocycles. The second kappa shape index (κ2) is 6.73. The van der Waals surface area contributed by atoms with E-state index in [1.807, 2.05) is 17.0 Å². The third-order valence-electron chi connectivity index (χ3n) is 4.25. The maximum absolute atomic E-state index is 12.5. The van der Waals surface area contributed by atoms with Gasteiger partial charge in [-0.3, -0.25) is 4.79 Å². The van der Waals surface area contributed by atoms with Gasteiger partial charge in [0.15, 0.2) is 0 Å². The number of aromatic nitrogens is 3. The zero-order valence-corrected chi connectivity index (χ0v) is 13.0. The molecule has 0 aliphatic carbocycles. The molecule has 0 radical (unpaired) electrons. The van der Waals surface area contributed by atoms with E-state index in [1.165, 1.54) is 5.56 Å². The van der Waals surface area contributed by atoms with Crippen molar-refractivity contribution < 1.29 is 4.79 Å². The molecule has 5 heteroatoms. The van der Waals surface area contributed by atoms with E-state index in [9.17, 15) is 4.79 Å². The van der Waals surface area contributed by atoms with Crippen LogP contribution in [0.2, 0.25) is 0 Å². The fourth-order valence-corrected chi connectivity index (χ4v) is 3.00. The predicted molar refractivity (Wildman–Crippen MR) is 84.6 cm³/mol. The quantitative estimate of drug-likeness (QED) is 0.872. The van der Waals surface area contributed by atoms with Crippen molar-refractivity contribution in [2.24, 2.45) is 0 Å². The van der Waals surface area contributed by atoms with Crippen molar-refractivity contribution in [1.29, 1.82) is 0 Å². The number of aryl methyl sites for hydroxylation is 1. The summed E-state index contributed by atoms with van der Waals surface area (Å²) in [5, 5.41) is 8.39. The van der Waals surface area contributed by atoms with Gasteiger partial charge in [-0.1, -0.05) is 25.5 Å². The Morgan fingerprint density at radius 2 is 1.77 bits per heavy atom. The number of hydrogen-bond acceptors (Lipinski definition) is 3. The molecule has 0 saturated carbocycles. The fraction of sp³-hybridized carbons (Fsp3) is 0.471. The summed E-state index contributed by atoms with van der Waals surface area (Å²) in [6.45, 7) is 3.70. The van der Waals surface area contributed by atoms with Crippen LogP contribution < -0.4 is 0 Å². The number of nitrogens with zero attached hydrogens (tertiary/aromatic N) is 4. The Kier molecular flexibility index (Phi) is 4.51. The van der Waals surface area contributed by atoms with Gasteiger partial charge in [-0.2, -0.15) is 15.0 Å². The average molecular weight is 298 g/mol. The third kappa shape index (κ3) is 3.18. The van der Waals surface area contributed by atoms with Crippen molar-refractivity contribution in [3.05, 3.63) is 47.8 Å². The first kappa shape index (κ1) is 14.8. The summed E-state index contributed by atoms with van der Waals surface area (Å²) in [5.74, 6) is 0.134. The zero-order valence-electron chi connectivity index (χ0n) is 13.0. The van der Waals surface area contributed by atoms with Crippen LogP contribution in [0, 0.1) is 0 Å². The first-order valence-corrected chi connectivity index (χ1v) is 8.02. The van der Waals surface area contributed by atoms with Crippen molar-refractivity contribution in [1.82, 2.24) is 19.9 Å². The molecule has 0 atom stereocenters. The molecule has 0 bridgehead atoms. The molecule has 0 spiro atoms. The van der Waals surface area contributed by atoms with Gasteiger partial charge in [-0.15, -0.1) is 0 Å². The Morgan fingerprint density at radius 3 is 2.36 bits per heavy atom. The number of carbonyl (C=O) groups excluding carboxylic acids is 1. The van der Waals surface area contributed by atoms with Gasteiger partial charge in [0, 0.05) is 18.7 Å². The van der Waals surface area contributed by atoms with Gasteiger partial charge in [0.25, 0.3) is 5.91 Å². The topological polar surface area (TPSA) is 51.0 Å². The molecule has 0 unspecified atom stereocenters. The SMILES string of the molecule is CCCc1ccc(C(=O)N2CCC(n3nccn3)CC2)cc1. The van der Waals surface area contributed by atoms with E-state index in [2.05, 4.69) is 29.3 Å². The van der Waals surface area contributed by atoms with Crippen LogP contribution in [0.15, 0.2) is 36.7 Å². The van der Waals surface area contributed by atoms with Crippen LogP contribution in [0.5, 0.6) is 0 Å². The number of carbonyl (C=O) groups is 1. The number of piperidine rings is 1. The second-order valence-electron chi connectivity index (χ2n) is 5.82. The molecule has 1 aliphatic heterocycles. The Balaban J connectivity index is 1.59. The number of rotatable bonds is 4. The smallest absolute Gasteiger partial charge is 0.253 e. The molecule has 2 aromatic rings. The van der Waals surface area contributed by atoms with Crippen molar-refractivity contribution in [2.75, 3.05) is 13.1 Å². The maximum atomic E-state index is 12.5. The molecular formula is C17H22N4O. The molecule has 0 N–H and O–H groups in total. The summed E-state index contributed by atoms with van der Waals surface area (Å²) < 4.78 is 0. The lowest BCUT2D eigenvalue weighted by Crippen LogP contribution is -2.39. The summed E-state index contributed by atoms with van der Waals surface area (Å²) in [4.78, 5) is 16.3. The van der Waals surface area contributed by atoms with Gasteiger partial charge in [-0.25, -0.2) is 0 Å². The van der Waals surface area contributed by atoms with E-state index < -0.39 is 0 Å². The van der Waals surface area contributed by atoms with E-state index in [1.54, 1.807) is 17.2 Å². The van der Waals surface area contributed by atoms with Gasteiger partial charge in [0.1, 0.15) is 0 Å². The summed E-state index contributed by atoms with van der Waals surface area (Å²) in [6.07, 6.45) is 7.42. The third-order valence-corrected chi connectivity index (χ3v) is 4.25. The highest BCUT2D eigenvalue weighted by Crippen LogP contribution is 2.22. The second-order valence-corrected chi connectivity index (χ2v) is 5.82. The van der Waals surface area contributed by atoms with Gasteiger partial charge in [0.05, 0.1) is 18.4 Å². The Morgan fingerprint density at radius 1 is 1.14 bits per heavy atom. The zero-order chi connectivity index (χ0) is 15.4. The predicted octanol–water partition coefficient (Wildman–Crippen LogP) is 2.71. The Labute approximate surface area is 130 Å². The lowest BCUT2D eigenvalue weighted by molar-refractivity contribution is 0.0684. The summed E-state index contributed by atoms with van der Waals surface area (Å²) >= 11 is 0. The van der Waals surface area contributed by atoms with Gasteiger partial charge in [-0.05, 0) is 37.0 Å². The number of hydrogen-bond donors (Lipinski definition) is 0. The van der Waals surface area contributed by atoms with Crippen molar-refractivity contribution in [2.45, 2.75) is 38.6 Å². The monoisotopic (exact) mass is 298 g/mol. The first-order chi connectivity index (χ1) is 10.8. The van der Waals surface area contributed by atoms with Gasteiger partial charge < -0.3 is 4.90 Å². The van der Waals surface area contributed by atoms with Crippen molar-refractivity contribution in [3.63, 3.8) is 0 Å². The molecule has 1 amide bonds. The van der Waals surface area contributed by atoms with Crippen molar-refractivity contribution in [3.8, 4) is 0 Å². The largest absolute Gasteiger partial charge is 0.338 e. The lowest BCUT2D eigenvalue weighted by Gasteiger charge is -2.31. The molecule has 2 heterocycles. The molecule has 5 nitrogen and oxygen atoms in total. The minimum Gasteiger partial charge on any atom is -0.338 e. The van der Waals surface area contributed by atoms with Crippen LogP contribution in [-0.2, 0) is 6.42 Å². The van der Waals surface area contributed by atoms with Crippen LogP contribution in [0.4, 0.5) is 0 Å². The van der Waals surface area contributed by atoms with Crippen LogP contribution in [-0.4, -0.2) is 38.9 Å². The van der Waals surface area contributed by atoms with E-state index in [-0.39, 0.29) is 5.91 Å². The van der Waals surface area contributed by atoms with E-state index >= 15 is 0 Å². The van der Waals surface area contributed by atoms with Gasteiger partial charge in [0.2, 0.25) is 0 Å². The first-order valence-electron chi connectivity index (χ1n) is 8.02. The standard InChI is InChI=1S/C17H22N4O/c1-2-3-14-4-6-15(7-5-14)17(22)20-12-8-16(9-13-20)21-18-10-11-19-21/h4-7,10-11,16H,2-3,8-9,12-13H2,1H3. The fourth-order valence-electron chi connectivity index (χ4n) is 3.00. The van der Waals surface area contributed by atoms with Crippen LogP contribution in [0.25, 0.3) is 0 Å². The number of likely N-dealkylation sites (tertiary alicyclic amines) is 1. The molecule has 1 aromatic heterocycles. The summed E-state index contributed by atoms with van der Waals surface area (Å²) in [5.41, 5.74) is 2.08. The molecule has 1 aromatic carbocycles. The summed E-state index contributed by atoms with van der Waals surface area (Å²) in [7, 11) is 0. The number of benzene rings is 1. The van der Waals surface area contributed by atoms with Crippen molar-refractivity contribution >= 4 is 5.91 Å². The minimum absolute atomic E-state index is 0.134. The van der Waals surface area contributed by atoms with Crippen LogP contribution >= 0.6 is 0 Å². The molecule has 22 heavy (non-hydrogen) atoms. The number of amides is 1. The normalized spacial score (nSPS) is 16.0. The Hall–Kier alpha value is -2.17. The molecule has 1 fully saturated rings. The Bertz CT molecular complexity index is 598. The van der Waals surface area contributed by atoms with Crippen LogP contribution in [0.3, 0.4) is 0 Å². The maximum Gasteiger partial charge on any atom is 0.253 e. The molecule has 1 aliphatic rings. The average Bonchev–Trinajstić information content (AvgIpc) is 3.10. The lowest BCUT2D eigenvalue weighted by atomic mass is 10.0. The van der Waals surface area contributed by atoms with E-state index in [0.717, 1.165) is 44.3 Å². The van der Waals surface area contributed by atoms with E-state index in [0.29, 0.717) is 6.04 Å². The van der Waals surface area contributed by atoms with E-state index in [4.69, 9.17) is 0 Å². The summed E-state index contributed by atoms with van der Waals surface area (Å²) in [6, 6.07) is 8.35. The minimum atomic E-state index is 0.134. The molecule has 116 valence electrons. The molecule has 3 rings (SSSR count). The highest BCUT2D eigenvalue weighted by molar-refractivity contribution is 5.94. The highest BCUT2D eigenvalue weighted by Gasteiger charge is 2.25.